The largest absolute Gasteiger partial charge is 0.495 e. The molecule has 10 nitrogen and oxygen atoms in total. The van der Waals surface area contributed by atoms with Gasteiger partial charge in [-0.1, -0.05) is 12.1 Å². The number of anilines is 1. The fourth-order valence-electron chi connectivity index (χ4n) is 3.24. The Morgan fingerprint density at radius 2 is 1.53 bits per heavy atom. The van der Waals surface area contributed by atoms with E-state index in [1.54, 1.807) is 29.2 Å². The molecule has 0 radical (unpaired) electrons. The first-order valence-electron chi connectivity index (χ1n) is 9.79. The SMILES string of the molecule is COc1ccccc1NS(=O)(=O)c1ccc(C(=O)N2CCN(S(=O)(=O)N(C)C)CC2)cc1. The van der Waals surface area contributed by atoms with Crippen LogP contribution in [0.2, 0.25) is 0 Å². The molecule has 0 aromatic heterocycles. The van der Waals surface area contributed by atoms with Crippen LogP contribution in [-0.4, -0.2) is 83.6 Å². The van der Waals surface area contributed by atoms with E-state index in [1.807, 2.05) is 0 Å². The minimum Gasteiger partial charge on any atom is -0.495 e. The van der Waals surface area contributed by atoms with E-state index in [0.717, 1.165) is 4.31 Å². The number of amides is 1. The maximum Gasteiger partial charge on any atom is 0.281 e. The highest BCUT2D eigenvalue weighted by Gasteiger charge is 2.30. The summed E-state index contributed by atoms with van der Waals surface area (Å²) in [5.41, 5.74) is 0.630. The van der Waals surface area contributed by atoms with Gasteiger partial charge in [-0.15, -0.1) is 0 Å². The number of sulfonamides is 1. The van der Waals surface area contributed by atoms with Crippen molar-refractivity contribution in [2.24, 2.45) is 0 Å². The molecular weight excluding hydrogens is 456 g/mol. The first-order valence-corrected chi connectivity index (χ1v) is 12.7. The fraction of sp³-hybridized carbons (Fsp3) is 0.350. The highest BCUT2D eigenvalue weighted by Crippen LogP contribution is 2.26. The van der Waals surface area contributed by atoms with Crippen LogP contribution in [-0.2, 0) is 20.2 Å². The Hall–Kier alpha value is -2.67. The molecule has 0 atom stereocenters. The number of methoxy groups -OCH3 is 1. The predicted octanol–water partition coefficient (Wildman–Crippen LogP) is 1.06. The van der Waals surface area contributed by atoms with E-state index in [2.05, 4.69) is 4.72 Å². The second kappa shape index (κ2) is 9.45. The lowest BCUT2D eigenvalue weighted by atomic mass is 10.2. The summed E-state index contributed by atoms with van der Waals surface area (Å²) in [5.74, 6) is 0.104. The van der Waals surface area contributed by atoms with Crippen molar-refractivity contribution in [2.75, 3.05) is 52.1 Å². The van der Waals surface area contributed by atoms with E-state index in [4.69, 9.17) is 4.74 Å². The summed E-state index contributed by atoms with van der Waals surface area (Å²) in [6.07, 6.45) is 0. The molecule has 12 heteroatoms. The summed E-state index contributed by atoms with van der Waals surface area (Å²) in [5, 5.41) is 0. The average molecular weight is 483 g/mol. The van der Waals surface area contributed by atoms with Gasteiger partial charge in [0, 0.05) is 45.8 Å². The van der Waals surface area contributed by atoms with Crippen molar-refractivity contribution in [3.63, 3.8) is 0 Å². The van der Waals surface area contributed by atoms with Crippen LogP contribution in [0.15, 0.2) is 53.4 Å². The van der Waals surface area contributed by atoms with Gasteiger partial charge in [-0.3, -0.25) is 9.52 Å². The van der Waals surface area contributed by atoms with Crippen molar-refractivity contribution in [1.82, 2.24) is 13.5 Å². The average Bonchev–Trinajstić information content (AvgIpc) is 2.78. The molecule has 1 saturated heterocycles. The Bertz CT molecular complexity index is 1170. The normalized spacial score (nSPS) is 15.6. The number of ether oxygens (including phenoxy) is 1. The molecule has 3 rings (SSSR count). The third kappa shape index (κ3) is 5.04. The lowest BCUT2D eigenvalue weighted by Crippen LogP contribution is -2.53. The van der Waals surface area contributed by atoms with Gasteiger partial charge in [0.2, 0.25) is 0 Å². The van der Waals surface area contributed by atoms with Gasteiger partial charge < -0.3 is 9.64 Å². The van der Waals surface area contributed by atoms with Gasteiger partial charge in [-0.2, -0.15) is 17.0 Å². The van der Waals surface area contributed by atoms with Gasteiger partial charge in [0.25, 0.3) is 26.1 Å². The predicted molar refractivity (Wildman–Crippen MR) is 120 cm³/mol. The zero-order valence-electron chi connectivity index (χ0n) is 18.1. The molecule has 0 aliphatic carbocycles. The van der Waals surface area contributed by atoms with Crippen LogP contribution in [0.5, 0.6) is 5.75 Å². The number of benzene rings is 2. The number of para-hydroxylation sites is 2. The second-order valence-corrected chi connectivity index (χ2v) is 11.1. The molecule has 32 heavy (non-hydrogen) atoms. The third-order valence-electron chi connectivity index (χ3n) is 5.08. The van der Waals surface area contributed by atoms with Crippen molar-refractivity contribution < 1.29 is 26.4 Å². The van der Waals surface area contributed by atoms with Crippen molar-refractivity contribution in [2.45, 2.75) is 4.90 Å². The van der Waals surface area contributed by atoms with Crippen molar-refractivity contribution >= 4 is 31.8 Å². The smallest absolute Gasteiger partial charge is 0.281 e. The molecule has 2 aromatic rings. The number of nitrogens with zero attached hydrogens (tertiary/aromatic N) is 3. The van der Waals surface area contributed by atoms with E-state index < -0.39 is 20.2 Å². The van der Waals surface area contributed by atoms with Crippen LogP contribution in [0.25, 0.3) is 0 Å². The summed E-state index contributed by atoms with van der Waals surface area (Å²) in [7, 11) is -3.02. The summed E-state index contributed by atoms with van der Waals surface area (Å²) in [6, 6.07) is 12.3. The van der Waals surface area contributed by atoms with Crippen LogP contribution in [0.1, 0.15) is 10.4 Å². The highest BCUT2D eigenvalue weighted by molar-refractivity contribution is 7.92. The molecule has 0 unspecified atom stereocenters. The van der Waals surface area contributed by atoms with Crippen LogP contribution in [0, 0.1) is 0 Å². The molecule has 1 amide bonds. The maximum atomic E-state index is 12.8. The summed E-state index contributed by atoms with van der Waals surface area (Å²) >= 11 is 0. The van der Waals surface area contributed by atoms with Crippen molar-refractivity contribution in [3.8, 4) is 5.75 Å². The fourth-order valence-corrected chi connectivity index (χ4v) is 5.40. The molecule has 1 heterocycles. The maximum absolute atomic E-state index is 12.8. The number of hydrogen-bond donors (Lipinski definition) is 1. The van der Waals surface area contributed by atoms with Gasteiger partial charge >= 0.3 is 0 Å². The lowest BCUT2D eigenvalue weighted by Gasteiger charge is -2.35. The Morgan fingerprint density at radius 1 is 0.938 bits per heavy atom. The Balaban J connectivity index is 1.68. The number of carbonyl (C=O) groups is 1. The van der Waals surface area contributed by atoms with Gasteiger partial charge in [0.1, 0.15) is 5.75 Å². The number of carbonyl (C=O) groups excluding carboxylic acids is 1. The van der Waals surface area contributed by atoms with Gasteiger partial charge in [0.15, 0.2) is 0 Å². The molecule has 0 spiro atoms. The number of piperazine rings is 1. The monoisotopic (exact) mass is 482 g/mol. The van der Waals surface area contributed by atoms with E-state index in [-0.39, 0.29) is 37.0 Å². The Kier molecular flexibility index (Phi) is 7.08. The summed E-state index contributed by atoms with van der Waals surface area (Å²) in [4.78, 5) is 14.3. The van der Waals surface area contributed by atoms with Crippen LogP contribution < -0.4 is 9.46 Å². The lowest BCUT2D eigenvalue weighted by molar-refractivity contribution is 0.0695. The topological polar surface area (TPSA) is 116 Å². The minimum absolute atomic E-state index is 0.00171. The number of rotatable bonds is 7. The quantitative estimate of drug-likeness (QED) is 0.631. The third-order valence-corrected chi connectivity index (χ3v) is 8.40. The molecule has 0 bridgehead atoms. The summed E-state index contributed by atoms with van der Waals surface area (Å²) in [6.45, 7) is 0.895. The Labute approximate surface area is 188 Å². The number of nitrogens with one attached hydrogen (secondary N) is 1. The summed E-state index contributed by atoms with van der Waals surface area (Å²) < 4.78 is 60.0. The van der Waals surface area contributed by atoms with Crippen LogP contribution in [0.3, 0.4) is 0 Å². The van der Waals surface area contributed by atoms with E-state index >= 15 is 0 Å². The molecular formula is C20H26N4O6S2. The molecule has 1 fully saturated rings. The first kappa shape index (κ1) is 24.0. The minimum atomic E-state index is -3.88. The first-order chi connectivity index (χ1) is 15.1. The molecule has 1 aliphatic heterocycles. The standard InChI is InChI=1S/C20H26N4O6S2/c1-22(2)32(28,29)24-14-12-23(13-15-24)20(25)16-8-10-17(11-9-16)31(26,27)21-18-6-4-5-7-19(18)30-3/h4-11,21H,12-15H2,1-3H3. The molecule has 2 aromatic carbocycles. The van der Waals surface area contributed by atoms with Gasteiger partial charge in [0.05, 0.1) is 17.7 Å². The molecule has 1 N–H and O–H groups in total. The molecule has 0 saturated carbocycles. The zero-order chi connectivity index (χ0) is 23.5. The zero-order valence-corrected chi connectivity index (χ0v) is 19.7. The van der Waals surface area contributed by atoms with E-state index in [1.165, 1.54) is 49.8 Å². The van der Waals surface area contributed by atoms with Crippen LogP contribution >= 0.6 is 0 Å². The van der Waals surface area contributed by atoms with Gasteiger partial charge in [-0.05, 0) is 36.4 Å². The Morgan fingerprint density at radius 3 is 2.09 bits per heavy atom. The highest BCUT2D eigenvalue weighted by atomic mass is 32.2. The molecule has 174 valence electrons. The van der Waals surface area contributed by atoms with Crippen molar-refractivity contribution in [1.29, 1.82) is 0 Å². The van der Waals surface area contributed by atoms with Crippen LogP contribution in [0.4, 0.5) is 5.69 Å². The second-order valence-electron chi connectivity index (χ2n) is 7.31. The van der Waals surface area contributed by atoms with Gasteiger partial charge in [-0.25, -0.2) is 8.42 Å². The van der Waals surface area contributed by atoms with Crippen molar-refractivity contribution in [3.05, 3.63) is 54.1 Å². The van der Waals surface area contributed by atoms with E-state index in [9.17, 15) is 21.6 Å². The molecule has 1 aliphatic rings. The number of hydrogen-bond acceptors (Lipinski definition) is 6. The van der Waals surface area contributed by atoms with E-state index in [0.29, 0.717) is 17.0 Å².